The zero-order valence-corrected chi connectivity index (χ0v) is 10.5. The minimum Gasteiger partial charge on any atom is -0.457 e. The number of carbonyl (C=O) groups is 1. The third kappa shape index (κ3) is 4.04. The number of esters is 1. The Balaban J connectivity index is 2.45. The van der Waals surface area contributed by atoms with E-state index in [0.29, 0.717) is 5.75 Å². The number of rotatable bonds is 4. The summed E-state index contributed by atoms with van der Waals surface area (Å²) in [6.07, 6.45) is 0. The van der Waals surface area contributed by atoms with E-state index in [-0.39, 0.29) is 18.4 Å². The van der Waals surface area contributed by atoms with Crippen LogP contribution in [0.4, 0.5) is 5.69 Å². The fourth-order valence-electron chi connectivity index (χ4n) is 1.03. The summed E-state index contributed by atoms with van der Waals surface area (Å²) < 4.78 is 10.0. The lowest BCUT2D eigenvalue weighted by atomic mass is 9.98. The van der Waals surface area contributed by atoms with Crippen molar-refractivity contribution in [3.05, 3.63) is 34.4 Å². The molecular formula is C12H15NO5. The van der Waals surface area contributed by atoms with Gasteiger partial charge >= 0.3 is 5.97 Å². The van der Waals surface area contributed by atoms with Gasteiger partial charge in [0.25, 0.3) is 5.69 Å². The van der Waals surface area contributed by atoms with Crippen molar-refractivity contribution in [2.75, 3.05) is 6.79 Å². The van der Waals surface area contributed by atoms with Gasteiger partial charge in [0.2, 0.25) is 6.79 Å². The van der Waals surface area contributed by atoms with Crippen molar-refractivity contribution < 1.29 is 19.2 Å². The molecule has 18 heavy (non-hydrogen) atoms. The molecule has 0 heterocycles. The number of nitrogens with zero attached hydrogens (tertiary/aromatic N) is 1. The average molecular weight is 253 g/mol. The molecule has 0 aliphatic carbocycles. The van der Waals surface area contributed by atoms with Crippen LogP contribution in [0.2, 0.25) is 0 Å². The van der Waals surface area contributed by atoms with E-state index in [0.717, 1.165) is 0 Å². The van der Waals surface area contributed by atoms with E-state index in [1.807, 2.05) is 0 Å². The van der Waals surface area contributed by atoms with E-state index in [2.05, 4.69) is 0 Å². The number of nitro benzene ring substituents is 1. The van der Waals surface area contributed by atoms with Gasteiger partial charge in [-0.25, -0.2) is 0 Å². The van der Waals surface area contributed by atoms with E-state index in [1.54, 1.807) is 20.8 Å². The molecule has 0 aliphatic rings. The van der Waals surface area contributed by atoms with Crippen LogP contribution >= 0.6 is 0 Å². The average Bonchev–Trinajstić information content (AvgIpc) is 2.28. The van der Waals surface area contributed by atoms with Crippen molar-refractivity contribution in [3.8, 4) is 5.75 Å². The molecule has 0 saturated carbocycles. The molecule has 1 aromatic rings. The Bertz CT molecular complexity index is 433. The van der Waals surface area contributed by atoms with E-state index < -0.39 is 10.3 Å². The van der Waals surface area contributed by atoms with E-state index in [9.17, 15) is 14.9 Å². The van der Waals surface area contributed by atoms with Crippen LogP contribution in [-0.2, 0) is 9.53 Å². The molecule has 0 amide bonds. The number of non-ortho nitro benzene ring substituents is 1. The summed E-state index contributed by atoms with van der Waals surface area (Å²) in [4.78, 5) is 21.3. The van der Waals surface area contributed by atoms with Crippen molar-refractivity contribution >= 4 is 11.7 Å². The van der Waals surface area contributed by atoms with Gasteiger partial charge in [0.05, 0.1) is 10.3 Å². The van der Waals surface area contributed by atoms with Crippen molar-refractivity contribution in [3.63, 3.8) is 0 Å². The summed E-state index contributed by atoms with van der Waals surface area (Å²) >= 11 is 0. The molecule has 0 aromatic heterocycles. The molecule has 98 valence electrons. The normalized spacial score (nSPS) is 10.8. The summed E-state index contributed by atoms with van der Waals surface area (Å²) in [5.74, 6) is 0.0340. The maximum Gasteiger partial charge on any atom is 0.314 e. The smallest absolute Gasteiger partial charge is 0.314 e. The molecule has 0 radical (unpaired) electrons. The summed E-state index contributed by atoms with van der Waals surface area (Å²) in [6.45, 7) is 5.00. The number of hydrogen-bond donors (Lipinski definition) is 0. The maximum atomic E-state index is 11.4. The lowest BCUT2D eigenvalue weighted by molar-refractivity contribution is -0.384. The summed E-state index contributed by atoms with van der Waals surface area (Å²) in [6, 6.07) is 5.54. The van der Waals surface area contributed by atoms with Gasteiger partial charge in [-0.1, -0.05) is 0 Å². The predicted molar refractivity (Wildman–Crippen MR) is 64.1 cm³/mol. The van der Waals surface area contributed by atoms with E-state index >= 15 is 0 Å². The number of nitro groups is 1. The van der Waals surface area contributed by atoms with Crippen molar-refractivity contribution in [2.45, 2.75) is 20.8 Å². The first-order valence-corrected chi connectivity index (χ1v) is 5.35. The zero-order chi connectivity index (χ0) is 13.8. The van der Waals surface area contributed by atoms with Gasteiger partial charge in [-0.05, 0) is 32.9 Å². The Labute approximate surface area is 105 Å². The van der Waals surface area contributed by atoms with E-state index in [1.165, 1.54) is 24.3 Å². The van der Waals surface area contributed by atoms with Crippen molar-refractivity contribution in [1.82, 2.24) is 0 Å². The molecule has 0 N–H and O–H groups in total. The fourth-order valence-corrected chi connectivity index (χ4v) is 1.03. The minimum absolute atomic E-state index is 0.0194. The highest BCUT2D eigenvalue weighted by Crippen LogP contribution is 2.18. The fraction of sp³-hybridized carbons (Fsp3) is 0.417. The van der Waals surface area contributed by atoms with E-state index in [4.69, 9.17) is 9.47 Å². The number of hydrogen-bond acceptors (Lipinski definition) is 5. The molecule has 0 atom stereocenters. The lowest BCUT2D eigenvalue weighted by Gasteiger charge is -2.16. The Kier molecular flexibility index (Phi) is 4.25. The first kappa shape index (κ1) is 14.0. The first-order valence-electron chi connectivity index (χ1n) is 5.35. The van der Waals surface area contributed by atoms with Crippen LogP contribution in [0.1, 0.15) is 20.8 Å². The summed E-state index contributed by atoms with van der Waals surface area (Å²) in [7, 11) is 0. The molecule has 1 aromatic carbocycles. The molecule has 0 bridgehead atoms. The number of ether oxygens (including phenoxy) is 2. The topological polar surface area (TPSA) is 78.7 Å². The second kappa shape index (κ2) is 5.48. The van der Waals surface area contributed by atoms with Crippen molar-refractivity contribution in [1.29, 1.82) is 0 Å². The van der Waals surface area contributed by atoms with Gasteiger partial charge in [0, 0.05) is 12.1 Å². The van der Waals surface area contributed by atoms with Crippen LogP contribution in [0.15, 0.2) is 24.3 Å². The van der Waals surface area contributed by atoms with Crippen LogP contribution in [0.25, 0.3) is 0 Å². The van der Waals surface area contributed by atoms with Gasteiger partial charge in [-0.3, -0.25) is 14.9 Å². The third-order valence-corrected chi connectivity index (χ3v) is 2.08. The highest BCUT2D eigenvalue weighted by Gasteiger charge is 2.22. The third-order valence-electron chi connectivity index (χ3n) is 2.08. The highest BCUT2D eigenvalue weighted by atomic mass is 16.7. The van der Waals surface area contributed by atoms with Gasteiger partial charge in [-0.2, -0.15) is 0 Å². The molecule has 6 heteroatoms. The van der Waals surface area contributed by atoms with Crippen LogP contribution in [0, 0.1) is 15.5 Å². The molecule has 0 aliphatic heterocycles. The first-order chi connectivity index (χ1) is 8.30. The molecule has 0 fully saturated rings. The Morgan fingerprint density at radius 2 is 1.83 bits per heavy atom. The minimum atomic E-state index is -0.584. The molecule has 0 spiro atoms. The number of carbonyl (C=O) groups excluding carboxylic acids is 1. The second-order valence-electron chi connectivity index (χ2n) is 4.69. The number of benzene rings is 1. The van der Waals surface area contributed by atoms with Gasteiger partial charge < -0.3 is 9.47 Å². The molecule has 0 unspecified atom stereocenters. The lowest BCUT2D eigenvalue weighted by Crippen LogP contribution is -2.24. The largest absolute Gasteiger partial charge is 0.457 e. The second-order valence-corrected chi connectivity index (χ2v) is 4.69. The van der Waals surface area contributed by atoms with Crippen LogP contribution in [0.3, 0.4) is 0 Å². The standard InChI is InChI=1S/C12H15NO5/c1-12(2,3)11(14)18-8-17-10-6-4-9(5-7-10)13(15)16/h4-7H,8H2,1-3H3. The maximum absolute atomic E-state index is 11.4. The summed E-state index contributed by atoms with van der Waals surface area (Å²) in [5.41, 5.74) is -0.604. The molecular weight excluding hydrogens is 238 g/mol. The Morgan fingerprint density at radius 3 is 2.28 bits per heavy atom. The molecule has 0 saturated heterocycles. The Hall–Kier alpha value is -2.11. The van der Waals surface area contributed by atoms with Gasteiger partial charge in [0.15, 0.2) is 0 Å². The highest BCUT2D eigenvalue weighted by molar-refractivity contribution is 5.75. The monoisotopic (exact) mass is 253 g/mol. The SMILES string of the molecule is CC(C)(C)C(=O)OCOc1ccc([N+](=O)[O-])cc1. The van der Waals surface area contributed by atoms with Crippen LogP contribution in [-0.4, -0.2) is 17.7 Å². The Morgan fingerprint density at radius 1 is 1.28 bits per heavy atom. The predicted octanol–water partition coefficient (Wildman–Crippen LogP) is 2.52. The van der Waals surface area contributed by atoms with Crippen LogP contribution in [0.5, 0.6) is 5.75 Å². The van der Waals surface area contributed by atoms with Crippen molar-refractivity contribution in [2.24, 2.45) is 5.41 Å². The van der Waals surface area contributed by atoms with Gasteiger partial charge in [0.1, 0.15) is 5.75 Å². The molecule has 6 nitrogen and oxygen atoms in total. The quantitative estimate of drug-likeness (QED) is 0.356. The zero-order valence-electron chi connectivity index (χ0n) is 10.5. The molecule has 1 rings (SSSR count). The summed E-state index contributed by atoms with van der Waals surface area (Å²) in [5, 5.41) is 10.4. The van der Waals surface area contributed by atoms with Gasteiger partial charge in [-0.15, -0.1) is 0 Å². The van der Waals surface area contributed by atoms with Crippen LogP contribution < -0.4 is 4.74 Å².